The van der Waals surface area contributed by atoms with Crippen LogP contribution in [-0.2, 0) is 9.53 Å². The molecule has 19 heavy (non-hydrogen) atoms. The van der Waals surface area contributed by atoms with Gasteiger partial charge in [0.15, 0.2) is 0 Å². The van der Waals surface area contributed by atoms with E-state index < -0.39 is 11.0 Å². The number of carbonyl (C=O) groups is 1. The largest absolute Gasteiger partial charge is 0.463 e. The van der Waals surface area contributed by atoms with Gasteiger partial charge < -0.3 is 9.84 Å². The lowest BCUT2D eigenvalue weighted by atomic mass is 9.68. The highest BCUT2D eigenvalue weighted by Gasteiger charge is 2.45. The second-order valence-electron chi connectivity index (χ2n) is 5.48. The molecular formula is C16H24O3. The molecule has 0 radical (unpaired) electrons. The van der Waals surface area contributed by atoms with Gasteiger partial charge in [-0.1, -0.05) is 32.3 Å². The van der Waals surface area contributed by atoms with E-state index in [4.69, 9.17) is 11.2 Å². The number of rotatable bonds is 4. The van der Waals surface area contributed by atoms with Gasteiger partial charge in [-0.25, -0.2) is 4.79 Å². The predicted octanol–water partition coefficient (Wildman–Crippen LogP) is 2.83. The van der Waals surface area contributed by atoms with Crippen molar-refractivity contribution in [2.24, 2.45) is 5.41 Å². The second-order valence-corrected chi connectivity index (χ2v) is 5.48. The number of esters is 1. The SMILES string of the molecule is C#CC[C@]1(O)CCCCC[C@]1(C)/C=C/C(=O)OCC. The molecule has 1 aliphatic carbocycles. The normalized spacial score (nSPS) is 31.7. The standard InChI is InChI=1S/C16H24O3/c1-4-10-16(18)12-8-6-7-11-15(16,3)13-9-14(17)19-5-2/h1,9,13,18H,5-8,10-12H2,2-3H3/b13-9+/t15-,16+/m1/s1. The predicted molar refractivity (Wildman–Crippen MR) is 75.4 cm³/mol. The van der Waals surface area contributed by atoms with E-state index in [9.17, 15) is 9.90 Å². The van der Waals surface area contributed by atoms with Crippen LogP contribution in [0.2, 0.25) is 0 Å². The lowest BCUT2D eigenvalue weighted by Crippen LogP contribution is -2.44. The average Bonchev–Trinajstić information content (AvgIpc) is 2.49. The zero-order valence-corrected chi connectivity index (χ0v) is 11.9. The molecule has 1 rings (SSSR count). The van der Waals surface area contributed by atoms with Crippen LogP contribution in [0, 0.1) is 17.8 Å². The van der Waals surface area contributed by atoms with E-state index >= 15 is 0 Å². The molecule has 0 bridgehead atoms. The Morgan fingerprint density at radius 2 is 2.11 bits per heavy atom. The highest BCUT2D eigenvalue weighted by Crippen LogP contribution is 2.45. The first-order valence-corrected chi connectivity index (χ1v) is 6.99. The van der Waals surface area contributed by atoms with Crippen LogP contribution in [0.25, 0.3) is 0 Å². The fraction of sp³-hybridized carbons (Fsp3) is 0.688. The molecule has 0 heterocycles. The van der Waals surface area contributed by atoms with Gasteiger partial charge in [0.2, 0.25) is 0 Å². The van der Waals surface area contributed by atoms with Crippen LogP contribution < -0.4 is 0 Å². The zero-order valence-electron chi connectivity index (χ0n) is 11.9. The minimum atomic E-state index is -0.929. The third kappa shape index (κ3) is 3.84. The molecule has 0 spiro atoms. The van der Waals surface area contributed by atoms with Crippen molar-refractivity contribution in [2.75, 3.05) is 6.61 Å². The molecule has 0 aromatic carbocycles. The summed E-state index contributed by atoms with van der Waals surface area (Å²) in [5.74, 6) is 2.21. The van der Waals surface area contributed by atoms with Gasteiger partial charge in [-0.3, -0.25) is 0 Å². The monoisotopic (exact) mass is 264 g/mol. The van der Waals surface area contributed by atoms with E-state index in [0.717, 1.165) is 25.7 Å². The maximum atomic E-state index is 11.5. The van der Waals surface area contributed by atoms with Crippen molar-refractivity contribution in [1.29, 1.82) is 0 Å². The third-order valence-electron chi connectivity index (χ3n) is 4.12. The van der Waals surface area contributed by atoms with Crippen LogP contribution >= 0.6 is 0 Å². The number of carbonyl (C=O) groups excluding carboxylic acids is 1. The van der Waals surface area contributed by atoms with E-state index in [1.807, 2.05) is 6.92 Å². The first-order valence-electron chi connectivity index (χ1n) is 6.99. The molecule has 0 amide bonds. The number of hydrogen-bond acceptors (Lipinski definition) is 3. The minimum Gasteiger partial charge on any atom is -0.463 e. The Kier molecular flexibility index (Phi) is 5.62. The molecule has 0 unspecified atom stereocenters. The molecule has 1 saturated carbocycles. The van der Waals surface area contributed by atoms with Crippen LogP contribution in [0.3, 0.4) is 0 Å². The van der Waals surface area contributed by atoms with Crippen LogP contribution in [0.15, 0.2) is 12.2 Å². The summed E-state index contributed by atoms with van der Waals surface area (Å²) in [5.41, 5.74) is -1.40. The molecule has 0 aromatic rings. The van der Waals surface area contributed by atoms with Gasteiger partial charge in [-0.05, 0) is 19.8 Å². The Balaban J connectivity index is 2.94. The topological polar surface area (TPSA) is 46.5 Å². The molecule has 106 valence electrons. The molecule has 3 heteroatoms. The van der Waals surface area contributed by atoms with Gasteiger partial charge in [0.05, 0.1) is 12.2 Å². The Bertz CT molecular complexity index is 380. The molecule has 1 aliphatic rings. The third-order valence-corrected chi connectivity index (χ3v) is 4.12. The molecule has 1 fully saturated rings. The summed E-state index contributed by atoms with van der Waals surface area (Å²) in [4.78, 5) is 11.5. The van der Waals surface area contributed by atoms with Crippen molar-refractivity contribution >= 4 is 5.97 Å². The number of aliphatic hydroxyl groups is 1. The van der Waals surface area contributed by atoms with Gasteiger partial charge in [0, 0.05) is 17.9 Å². The Hall–Kier alpha value is -1.27. The summed E-state index contributed by atoms with van der Waals surface area (Å²) < 4.78 is 4.89. The van der Waals surface area contributed by atoms with Crippen LogP contribution in [0.4, 0.5) is 0 Å². The van der Waals surface area contributed by atoms with Crippen molar-refractivity contribution in [3.63, 3.8) is 0 Å². The van der Waals surface area contributed by atoms with Crippen molar-refractivity contribution in [1.82, 2.24) is 0 Å². The van der Waals surface area contributed by atoms with Gasteiger partial charge in [-0.2, -0.15) is 0 Å². The lowest BCUT2D eigenvalue weighted by Gasteiger charge is -2.41. The number of ether oxygens (including phenoxy) is 1. The van der Waals surface area contributed by atoms with Gasteiger partial charge >= 0.3 is 5.97 Å². The minimum absolute atomic E-state index is 0.316. The second kappa shape index (κ2) is 6.77. The van der Waals surface area contributed by atoms with E-state index in [2.05, 4.69) is 5.92 Å². The van der Waals surface area contributed by atoms with Crippen molar-refractivity contribution < 1.29 is 14.6 Å². The fourth-order valence-electron chi connectivity index (χ4n) is 2.74. The highest BCUT2D eigenvalue weighted by molar-refractivity contribution is 5.82. The fourth-order valence-corrected chi connectivity index (χ4v) is 2.74. The Morgan fingerprint density at radius 3 is 2.74 bits per heavy atom. The molecular weight excluding hydrogens is 240 g/mol. The first kappa shape index (κ1) is 15.8. The molecule has 0 saturated heterocycles. The van der Waals surface area contributed by atoms with Crippen molar-refractivity contribution in [3.8, 4) is 12.3 Å². The summed E-state index contributed by atoms with van der Waals surface area (Å²) >= 11 is 0. The zero-order chi connectivity index (χ0) is 14.4. The highest BCUT2D eigenvalue weighted by atomic mass is 16.5. The van der Waals surface area contributed by atoms with Crippen LogP contribution in [0.5, 0.6) is 0 Å². The first-order chi connectivity index (χ1) is 8.97. The van der Waals surface area contributed by atoms with Crippen molar-refractivity contribution in [3.05, 3.63) is 12.2 Å². The summed E-state index contributed by atoms with van der Waals surface area (Å²) in [5, 5.41) is 10.9. The van der Waals surface area contributed by atoms with Crippen molar-refractivity contribution in [2.45, 2.75) is 58.0 Å². The summed E-state index contributed by atoms with van der Waals surface area (Å²) in [6.07, 6.45) is 13.5. The Labute approximate surface area is 116 Å². The molecule has 2 atom stereocenters. The van der Waals surface area contributed by atoms with E-state index in [-0.39, 0.29) is 5.97 Å². The van der Waals surface area contributed by atoms with E-state index in [1.165, 1.54) is 6.08 Å². The quantitative estimate of drug-likeness (QED) is 0.367. The summed E-state index contributed by atoms with van der Waals surface area (Å²) in [7, 11) is 0. The molecule has 0 aliphatic heterocycles. The summed E-state index contributed by atoms with van der Waals surface area (Å²) in [6, 6.07) is 0. The van der Waals surface area contributed by atoms with Crippen LogP contribution in [-0.4, -0.2) is 23.3 Å². The maximum Gasteiger partial charge on any atom is 0.330 e. The van der Waals surface area contributed by atoms with Gasteiger partial charge in [0.25, 0.3) is 0 Å². The van der Waals surface area contributed by atoms with Gasteiger partial charge in [-0.15, -0.1) is 12.3 Å². The Morgan fingerprint density at radius 1 is 1.42 bits per heavy atom. The molecule has 3 nitrogen and oxygen atoms in total. The number of terminal acetylenes is 1. The van der Waals surface area contributed by atoms with Crippen LogP contribution in [0.1, 0.15) is 52.4 Å². The lowest BCUT2D eigenvalue weighted by molar-refractivity contribution is -0.137. The number of hydrogen-bond donors (Lipinski definition) is 1. The smallest absolute Gasteiger partial charge is 0.330 e. The molecule has 0 aromatic heterocycles. The van der Waals surface area contributed by atoms with E-state index in [1.54, 1.807) is 13.0 Å². The maximum absolute atomic E-state index is 11.5. The molecule has 1 N–H and O–H groups in total. The summed E-state index contributed by atoms with van der Waals surface area (Å²) in [6.45, 7) is 4.10. The van der Waals surface area contributed by atoms with E-state index in [0.29, 0.717) is 19.4 Å². The average molecular weight is 264 g/mol. The van der Waals surface area contributed by atoms with Gasteiger partial charge in [0.1, 0.15) is 0 Å².